The molecule has 3 nitrogen and oxygen atoms in total. The fourth-order valence-corrected chi connectivity index (χ4v) is 3.14. The normalized spacial score (nSPS) is 13.0. The van der Waals surface area contributed by atoms with Gasteiger partial charge >= 0.3 is 0 Å². The monoisotopic (exact) mass is 299 g/mol. The topological polar surface area (TPSA) is 43.8 Å². The van der Waals surface area contributed by atoms with Gasteiger partial charge in [0.05, 0.1) is 9.48 Å². The molecule has 0 aliphatic heterocycles. The zero-order valence-electron chi connectivity index (χ0n) is 9.27. The summed E-state index contributed by atoms with van der Waals surface area (Å²) >= 11 is 5.22. The second-order valence-electron chi connectivity index (χ2n) is 3.90. The second-order valence-corrected chi connectivity index (χ2v) is 6.30. The predicted octanol–water partition coefficient (Wildman–Crippen LogP) is 2.80. The molecule has 0 aliphatic carbocycles. The Labute approximate surface area is 107 Å². The molecule has 16 heavy (non-hydrogen) atoms. The molecule has 2 aromatic rings. The summed E-state index contributed by atoms with van der Waals surface area (Å²) in [6.07, 6.45) is 2.73. The lowest BCUT2D eigenvalue weighted by Crippen LogP contribution is -2.12. The molecule has 1 atom stereocenters. The van der Waals surface area contributed by atoms with E-state index in [1.54, 1.807) is 16.0 Å². The molecule has 2 aromatic heterocycles. The van der Waals surface area contributed by atoms with E-state index in [-0.39, 0.29) is 6.04 Å². The van der Waals surface area contributed by atoms with Crippen LogP contribution in [0.4, 0.5) is 0 Å². The molecule has 0 aromatic carbocycles. The minimum absolute atomic E-state index is 0.0323. The maximum atomic E-state index is 6.16. The van der Waals surface area contributed by atoms with Gasteiger partial charge in [-0.05, 0) is 40.5 Å². The van der Waals surface area contributed by atoms with Crippen LogP contribution in [-0.4, -0.2) is 9.78 Å². The molecule has 0 aliphatic rings. The molecule has 2 rings (SSSR count). The van der Waals surface area contributed by atoms with E-state index in [9.17, 15) is 0 Å². The van der Waals surface area contributed by atoms with Crippen LogP contribution in [0.25, 0.3) is 0 Å². The van der Waals surface area contributed by atoms with Crippen molar-refractivity contribution < 1.29 is 0 Å². The van der Waals surface area contributed by atoms with Crippen molar-refractivity contribution in [3.05, 3.63) is 38.3 Å². The summed E-state index contributed by atoms with van der Waals surface area (Å²) in [6.45, 7) is 2.08. The van der Waals surface area contributed by atoms with Crippen molar-refractivity contribution in [3.63, 3.8) is 0 Å². The molecule has 1 unspecified atom stereocenters. The predicted molar refractivity (Wildman–Crippen MR) is 70.6 cm³/mol. The van der Waals surface area contributed by atoms with Crippen molar-refractivity contribution in [2.45, 2.75) is 19.4 Å². The summed E-state index contributed by atoms with van der Waals surface area (Å²) in [4.78, 5) is 1.20. The first-order chi connectivity index (χ1) is 7.56. The van der Waals surface area contributed by atoms with E-state index >= 15 is 0 Å². The first kappa shape index (κ1) is 11.8. The van der Waals surface area contributed by atoms with Crippen LogP contribution in [0.15, 0.2) is 22.1 Å². The molecule has 2 N–H and O–H groups in total. The third kappa shape index (κ3) is 2.53. The van der Waals surface area contributed by atoms with Crippen LogP contribution in [-0.2, 0) is 13.5 Å². The van der Waals surface area contributed by atoms with Crippen molar-refractivity contribution in [2.75, 3.05) is 0 Å². The van der Waals surface area contributed by atoms with E-state index in [1.165, 1.54) is 14.2 Å². The first-order valence-electron chi connectivity index (χ1n) is 5.06. The van der Waals surface area contributed by atoms with Gasteiger partial charge in [0.2, 0.25) is 0 Å². The van der Waals surface area contributed by atoms with Gasteiger partial charge in [0.25, 0.3) is 0 Å². The Balaban J connectivity index is 2.11. The Morgan fingerprint density at radius 2 is 2.38 bits per heavy atom. The molecule has 0 spiro atoms. The van der Waals surface area contributed by atoms with Gasteiger partial charge in [-0.15, -0.1) is 11.3 Å². The molecular weight excluding hydrogens is 286 g/mol. The number of nitrogens with zero attached hydrogens (tertiary/aromatic N) is 2. The first-order valence-corrected chi connectivity index (χ1v) is 6.67. The number of hydrogen-bond donors (Lipinski definition) is 1. The number of aryl methyl sites for hydroxylation is 2. The maximum Gasteiger partial charge on any atom is 0.0731 e. The van der Waals surface area contributed by atoms with Crippen molar-refractivity contribution in [1.82, 2.24) is 9.78 Å². The lowest BCUT2D eigenvalue weighted by atomic mass is 10.1. The number of nitrogens with two attached hydrogens (primary N) is 1. The molecule has 86 valence electrons. The Morgan fingerprint density at radius 3 is 2.88 bits per heavy atom. The average molecular weight is 300 g/mol. The lowest BCUT2D eigenvalue weighted by Gasteiger charge is -2.06. The quantitative estimate of drug-likeness (QED) is 0.947. The number of thiophene rings is 1. The van der Waals surface area contributed by atoms with E-state index in [1.807, 2.05) is 19.3 Å². The van der Waals surface area contributed by atoms with E-state index in [2.05, 4.69) is 34.0 Å². The minimum atomic E-state index is 0.0323. The van der Waals surface area contributed by atoms with E-state index in [4.69, 9.17) is 5.73 Å². The summed E-state index contributed by atoms with van der Waals surface area (Å²) in [7, 11) is 1.92. The van der Waals surface area contributed by atoms with Gasteiger partial charge < -0.3 is 5.73 Å². The van der Waals surface area contributed by atoms with Crippen LogP contribution in [0.5, 0.6) is 0 Å². The standard InChI is InChI=1S/C11H14BrN3S/c1-7-5-10(16-11(7)12)9(13)6-8-3-4-15(2)14-8/h3-5,9H,6,13H2,1-2H3. The molecule has 5 heteroatoms. The van der Waals surface area contributed by atoms with Gasteiger partial charge in [0.15, 0.2) is 0 Å². The van der Waals surface area contributed by atoms with Gasteiger partial charge in [-0.2, -0.15) is 5.10 Å². The number of halogens is 1. The largest absolute Gasteiger partial charge is 0.323 e. The van der Waals surface area contributed by atoms with Gasteiger partial charge in [-0.1, -0.05) is 0 Å². The Morgan fingerprint density at radius 1 is 1.62 bits per heavy atom. The van der Waals surface area contributed by atoms with Crippen LogP contribution in [0.3, 0.4) is 0 Å². The van der Waals surface area contributed by atoms with Crippen LogP contribution in [0.1, 0.15) is 22.2 Å². The highest BCUT2D eigenvalue weighted by Crippen LogP contribution is 2.31. The minimum Gasteiger partial charge on any atom is -0.323 e. The smallest absolute Gasteiger partial charge is 0.0731 e. The highest BCUT2D eigenvalue weighted by Gasteiger charge is 2.12. The average Bonchev–Trinajstić information content (AvgIpc) is 2.75. The highest BCUT2D eigenvalue weighted by molar-refractivity contribution is 9.11. The molecule has 0 bridgehead atoms. The van der Waals surface area contributed by atoms with Crippen LogP contribution in [0.2, 0.25) is 0 Å². The van der Waals surface area contributed by atoms with Crippen LogP contribution >= 0.6 is 27.3 Å². The van der Waals surface area contributed by atoms with Crippen molar-refractivity contribution in [1.29, 1.82) is 0 Å². The van der Waals surface area contributed by atoms with Gasteiger partial charge in [-0.3, -0.25) is 4.68 Å². The number of rotatable bonds is 3. The molecule has 0 fully saturated rings. The van der Waals surface area contributed by atoms with Gasteiger partial charge in [0, 0.05) is 30.6 Å². The summed E-state index contributed by atoms with van der Waals surface area (Å²) in [6, 6.07) is 4.18. The molecule has 0 radical (unpaired) electrons. The van der Waals surface area contributed by atoms with Crippen molar-refractivity contribution >= 4 is 27.3 Å². The fourth-order valence-electron chi connectivity index (χ4n) is 1.56. The zero-order chi connectivity index (χ0) is 11.7. The van der Waals surface area contributed by atoms with E-state index in [0.29, 0.717) is 0 Å². The molecule has 0 saturated carbocycles. The maximum absolute atomic E-state index is 6.16. The van der Waals surface area contributed by atoms with E-state index < -0.39 is 0 Å². The van der Waals surface area contributed by atoms with Gasteiger partial charge in [0.1, 0.15) is 0 Å². The third-order valence-electron chi connectivity index (χ3n) is 2.44. The summed E-state index contributed by atoms with van der Waals surface area (Å²) < 4.78 is 2.97. The van der Waals surface area contributed by atoms with Crippen LogP contribution in [0, 0.1) is 6.92 Å². The zero-order valence-corrected chi connectivity index (χ0v) is 11.7. The van der Waals surface area contributed by atoms with Crippen LogP contribution < -0.4 is 5.73 Å². The molecule has 0 saturated heterocycles. The van der Waals surface area contributed by atoms with Crippen molar-refractivity contribution in [2.24, 2.45) is 12.8 Å². The number of hydrogen-bond acceptors (Lipinski definition) is 3. The highest BCUT2D eigenvalue weighted by atomic mass is 79.9. The Kier molecular flexibility index (Phi) is 3.47. The SMILES string of the molecule is Cc1cc(C(N)Cc2ccn(C)n2)sc1Br. The van der Waals surface area contributed by atoms with Gasteiger partial charge in [-0.25, -0.2) is 0 Å². The van der Waals surface area contributed by atoms with Crippen molar-refractivity contribution in [3.8, 4) is 0 Å². The second kappa shape index (κ2) is 4.69. The molecular formula is C11H14BrN3S. The summed E-state index contributed by atoms with van der Waals surface area (Å²) in [5, 5.41) is 4.33. The Hall–Kier alpha value is -0.650. The fraction of sp³-hybridized carbons (Fsp3) is 0.364. The summed E-state index contributed by atoms with van der Waals surface area (Å²) in [5.74, 6) is 0. The summed E-state index contributed by atoms with van der Waals surface area (Å²) in [5.41, 5.74) is 8.44. The lowest BCUT2D eigenvalue weighted by molar-refractivity contribution is 0.683. The van der Waals surface area contributed by atoms with E-state index in [0.717, 1.165) is 12.1 Å². The Bertz CT molecular complexity index is 470. The molecule has 2 heterocycles. The third-order valence-corrected chi connectivity index (χ3v) is 4.71. The number of aromatic nitrogens is 2. The molecule has 0 amide bonds.